The predicted octanol–water partition coefficient (Wildman–Crippen LogP) is 3.61. The van der Waals surface area contributed by atoms with Gasteiger partial charge in [-0.3, -0.25) is 15.2 Å². The first-order valence-corrected chi connectivity index (χ1v) is 14.3. The number of hydroxylamine groups is 1. The predicted molar refractivity (Wildman–Crippen MR) is 141 cm³/mol. The third-order valence-corrected chi connectivity index (χ3v) is 8.63. The summed E-state index contributed by atoms with van der Waals surface area (Å²) in [5.41, 5.74) is 1.72. The minimum absolute atomic E-state index is 0.0623. The van der Waals surface area contributed by atoms with E-state index in [1.807, 2.05) is 6.07 Å². The minimum atomic E-state index is -4.06. The fourth-order valence-electron chi connectivity index (χ4n) is 5.03. The number of hydrogen-bond donors (Lipinski definition) is 2. The van der Waals surface area contributed by atoms with Gasteiger partial charge in [-0.25, -0.2) is 22.6 Å². The Morgan fingerprint density at radius 1 is 1.15 bits per heavy atom. The van der Waals surface area contributed by atoms with Crippen molar-refractivity contribution in [3.8, 4) is 11.5 Å². The van der Waals surface area contributed by atoms with E-state index in [9.17, 15) is 18.0 Å². The summed E-state index contributed by atoms with van der Waals surface area (Å²) >= 11 is 0. The molecule has 2 aliphatic rings. The Labute approximate surface area is 225 Å². The van der Waals surface area contributed by atoms with Crippen molar-refractivity contribution >= 4 is 26.5 Å². The van der Waals surface area contributed by atoms with Crippen LogP contribution in [0.3, 0.4) is 0 Å². The summed E-state index contributed by atoms with van der Waals surface area (Å²) in [6, 6.07) is 6.35. The number of fused-ring (bicyclic) bond motifs is 3. The molecule has 0 saturated heterocycles. The number of anilines is 1. The zero-order chi connectivity index (χ0) is 27.5. The molecule has 0 spiro atoms. The molecule has 2 N–H and O–H groups in total. The van der Waals surface area contributed by atoms with Crippen LogP contribution < -0.4 is 9.79 Å². The maximum Gasteiger partial charge on any atom is 0.241 e. The fraction of sp³-hybridized carbons (Fsp3) is 0.423. The van der Waals surface area contributed by atoms with Crippen molar-refractivity contribution in [1.82, 2.24) is 34.9 Å². The summed E-state index contributed by atoms with van der Waals surface area (Å²) in [5, 5.41) is 25.6. The van der Waals surface area contributed by atoms with E-state index in [-0.39, 0.29) is 11.4 Å². The molecule has 1 unspecified atom stereocenters. The molecule has 1 aromatic carbocycles. The smallest absolute Gasteiger partial charge is 0.241 e. The number of alkyl halides is 1. The third kappa shape index (κ3) is 4.97. The lowest BCUT2D eigenvalue weighted by Crippen LogP contribution is -2.35. The molecule has 204 valence electrons. The van der Waals surface area contributed by atoms with Gasteiger partial charge in [-0.05, 0) is 80.1 Å². The van der Waals surface area contributed by atoms with Crippen molar-refractivity contribution in [2.45, 2.75) is 62.1 Å². The Bertz CT molecular complexity index is 1660. The van der Waals surface area contributed by atoms with E-state index in [0.717, 1.165) is 34.5 Å². The van der Waals surface area contributed by atoms with Gasteiger partial charge in [0, 0.05) is 35.1 Å². The number of sulfonamides is 1. The van der Waals surface area contributed by atoms with E-state index in [4.69, 9.17) is 0 Å². The van der Waals surface area contributed by atoms with Crippen LogP contribution in [0.15, 0.2) is 41.6 Å². The van der Waals surface area contributed by atoms with E-state index < -0.39 is 21.7 Å². The van der Waals surface area contributed by atoms with Crippen LogP contribution in [-0.4, -0.2) is 56.0 Å². The molecule has 11 nitrogen and oxygen atoms in total. The molecule has 1 atom stereocenters. The maximum atomic E-state index is 14.2. The van der Waals surface area contributed by atoms with E-state index in [2.05, 4.69) is 30.1 Å². The van der Waals surface area contributed by atoms with Crippen LogP contribution in [0.2, 0.25) is 0 Å². The number of nitrogens with zero attached hydrogens (tertiary/aromatic N) is 7. The molecule has 0 radical (unpaired) electrons. The number of tetrazole rings is 1. The molecule has 3 heterocycles. The highest BCUT2D eigenvalue weighted by Crippen LogP contribution is 2.45. The molecule has 6 rings (SSSR count). The summed E-state index contributed by atoms with van der Waals surface area (Å²) < 4.78 is 43.7. The summed E-state index contributed by atoms with van der Waals surface area (Å²) in [7, 11) is -2.40. The number of nitrogens with one attached hydrogen (secondary N) is 1. The van der Waals surface area contributed by atoms with Crippen molar-refractivity contribution in [3.63, 3.8) is 0 Å². The quantitative estimate of drug-likeness (QED) is 0.314. The second kappa shape index (κ2) is 9.28. The molecule has 39 heavy (non-hydrogen) atoms. The molecule has 0 aliphatic heterocycles. The topological polar surface area (TPSA) is 139 Å². The lowest BCUT2D eigenvalue weighted by molar-refractivity contribution is 0.215. The highest BCUT2D eigenvalue weighted by atomic mass is 32.2. The van der Waals surface area contributed by atoms with Crippen molar-refractivity contribution in [1.29, 1.82) is 0 Å². The van der Waals surface area contributed by atoms with E-state index in [0.29, 0.717) is 46.9 Å². The van der Waals surface area contributed by atoms with E-state index in [1.54, 1.807) is 31.4 Å². The van der Waals surface area contributed by atoms with Crippen LogP contribution in [0.4, 0.5) is 10.1 Å². The maximum absolute atomic E-state index is 14.2. The average molecular weight is 553 g/mol. The second-order valence-corrected chi connectivity index (χ2v) is 12.6. The van der Waals surface area contributed by atoms with Gasteiger partial charge < -0.3 is 0 Å². The Hall–Kier alpha value is -3.55. The largest absolute Gasteiger partial charge is 0.288 e. The monoisotopic (exact) mass is 552 g/mol. The number of hydrogen-bond acceptors (Lipinski definition) is 9. The van der Waals surface area contributed by atoms with E-state index in [1.165, 1.54) is 24.8 Å². The van der Waals surface area contributed by atoms with Gasteiger partial charge in [-0.2, -0.15) is 4.80 Å². The van der Waals surface area contributed by atoms with Crippen LogP contribution in [0.25, 0.3) is 22.3 Å². The summed E-state index contributed by atoms with van der Waals surface area (Å²) in [5.74, 6) is 0.701. The van der Waals surface area contributed by atoms with Gasteiger partial charge in [0.25, 0.3) is 0 Å². The van der Waals surface area contributed by atoms with Crippen molar-refractivity contribution < 1.29 is 18.0 Å². The SMILES string of the molecule is Cn1nnc(-c2ccc(N(O)C3CCc4c3cc(S(=O)(=O)NCC(C)(C)F)c3cc(C5CC5)ncc43)cn2)n1. The van der Waals surface area contributed by atoms with Gasteiger partial charge in [0.15, 0.2) is 0 Å². The van der Waals surface area contributed by atoms with Crippen LogP contribution >= 0.6 is 0 Å². The van der Waals surface area contributed by atoms with Gasteiger partial charge in [0.05, 0.1) is 29.9 Å². The number of benzene rings is 1. The number of pyridine rings is 2. The van der Waals surface area contributed by atoms with Crippen molar-refractivity contribution in [2.75, 3.05) is 11.6 Å². The minimum Gasteiger partial charge on any atom is -0.288 e. The van der Waals surface area contributed by atoms with Crippen LogP contribution in [0, 0.1) is 0 Å². The summed E-state index contributed by atoms with van der Waals surface area (Å²) in [6.07, 6.45) is 6.51. The first kappa shape index (κ1) is 25.7. The molecule has 13 heteroatoms. The van der Waals surface area contributed by atoms with Gasteiger partial charge in [-0.1, -0.05) is 0 Å². The number of rotatable bonds is 8. The number of aryl methyl sites for hydroxylation is 2. The highest BCUT2D eigenvalue weighted by Gasteiger charge is 2.34. The van der Waals surface area contributed by atoms with Crippen LogP contribution in [0.1, 0.15) is 61.9 Å². The molecule has 4 aromatic rings. The first-order valence-electron chi connectivity index (χ1n) is 12.8. The molecule has 1 saturated carbocycles. The second-order valence-electron chi connectivity index (χ2n) is 10.8. The van der Waals surface area contributed by atoms with Gasteiger partial charge >= 0.3 is 0 Å². The van der Waals surface area contributed by atoms with Crippen LogP contribution in [0.5, 0.6) is 0 Å². The third-order valence-electron chi connectivity index (χ3n) is 7.19. The summed E-state index contributed by atoms with van der Waals surface area (Å²) in [6.45, 7) is 2.29. The normalized spacial score (nSPS) is 17.5. The number of halogens is 1. The fourth-order valence-corrected chi connectivity index (χ4v) is 6.46. The molecule has 1 fully saturated rings. The Morgan fingerprint density at radius 2 is 1.95 bits per heavy atom. The average Bonchev–Trinajstić information content (AvgIpc) is 3.53. The Balaban J connectivity index is 1.40. The van der Waals surface area contributed by atoms with Crippen molar-refractivity contribution in [3.05, 3.63) is 53.5 Å². The molecular weight excluding hydrogens is 523 g/mol. The zero-order valence-electron chi connectivity index (χ0n) is 21.8. The highest BCUT2D eigenvalue weighted by molar-refractivity contribution is 7.89. The van der Waals surface area contributed by atoms with E-state index >= 15 is 0 Å². The molecule has 0 bridgehead atoms. The Morgan fingerprint density at radius 3 is 2.59 bits per heavy atom. The van der Waals surface area contributed by atoms with Gasteiger partial charge in [0.2, 0.25) is 15.8 Å². The molecule has 2 aliphatic carbocycles. The van der Waals surface area contributed by atoms with Crippen LogP contribution in [-0.2, 0) is 23.5 Å². The molecular formula is C26H29FN8O3S. The number of aromatic nitrogens is 6. The molecule has 0 amide bonds. The standard InChI is InChI=1S/C26H29FN8O3S/c1-26(2,27)14-30-39(37,38)24-11-18-17(20-13-29-22(10-19(20)24)15-4-5-15)7-9-23(18)35(36)16-6-8-21(28-12-16)25-31-33-34(3)32-25/h6,8,10-13,15,23,30,36H,4-5,7,9,14H2,1-3H3. The molecule has 3 aromatic heterocycles. The first-order chi connectivity index (χ1) is 18.5. The van der Waals surface area contributed by atoms with Gasteiger partial charge in [0.1, 0.15) is 11.4 Å². The van der Waals surface area contributed by atoms with Gasteiger partial charge in [-0.15, -0.1) is 10.2 Å². The summed E-state index contributed by atoms with van der Waals surface area (Å²) in [4.78, 5) is 10.4. The zero-order valence-corrected chi connectivity index (χ0v) is 22.7. The lowest BCUT2D eigenvalue weighted by Gasteiger charge is -2.25. The Kier molecular flexibility index (Phi) is 6.12. The lowest BCUT2D eigenvalue weighted by atomic mass is 10.00. The van der Waals surface area contributed by atoms with Crippen molar-refractivity contribution in [2.24, 2.45) is 7.05 Å².